The van der Waals surface area contributed by atoms with Gasteiger partial charge in [-0.25, -0.2) is 0 Å². The van der Waals surface area contributed by atoms with Gasteiger partial charge in [-0.15, -0.1) is 0 Å². The Morgan fingerprint density at radius 1 is 1.30 bits per heavy atom. The Bertz CT molecular complexity index is 683. The van der Waals surface area contributed by atoms with Crippen molar-refractivity contribution in [3.8, 4) is 0 Å². The third-order valence-electron chi connectivity index (χ3n) is 4.05. The number of hydrogen-bond donors (Lipinski definition) is 1. The van der Waals surface area contributed by atoms with Crippen molar-refractivity contribution in [1.29, 1.82) is 0 Å². The maximum atomic E-state index is 12.3. The molecule has 1 aliphatic rings. The summed E-state index contributed by atoms with van der Waals surface area (Å²) >= 11 is 6.05. The summed E-state index contributed by atoms with van der Waals surface area (Å²) in [5.41, 5.74) is 1.61. The molecule has 6 nitrogen and oxygen atoms in total. The molecule has 1 N–H and O–H groups in total. The van der Waals surface area contributed by atoms with Crippen LogP contribution in [0.3, 0.4) is 0 Å². The van der Waals surface area contributed by atoms with Gasteiger partial charge in [0.25, 0.3) is 10.2 Å². The van der Waals surface area contributed by atoms with E-state index in [4.69, 9.17) is 11.6 Å². The Balaban J connectivity index is 1.95. The molecule has 0 saturated carbocycles. The van der Waals surface area contributed by atoms with E-state index in [2.05, 4.69) is 5.32 Å². The summed E-state index contributed by atoms with van der Waals surface area (Å²) < 4.78 is 26.7. The molecule has 1 aromatic rings. The lowest BCUT2D eigenvalue weighted by Crippen LogP contribution is -2.46. The first kappa shape index (κ1) is 18.2. The van der Waals surface area contributed by atoms with Crippen LogP contribution in [-0.4, -0.2) is 50.1 Å². The first-order chi connectivity index (χ1) is 10.7. The van der Waals surface area contributed by atoms with Gasteiger partial charge in [-0.2, -0.15) is 17.0 Å². The van der Waals surface area contributed by atoms with Gasteiger partial charge in [-0.05, 0) is 37.5 Å². The lowest BCUT2D eigenvalue weighted by Gasteiger charge is -2.32. The number of carbonyl (C=O) groups excluding carboxylic acids is 1. The number of piperidine rings is 1. The van der Waals surface area contributed by atoms with Gasteiger partial charge in [0.05, 0.1) is 0 Å². The molecule has 8 heteroatoms. The SMILES string of the molecule is Cc1ccc(NC(=O)C2CCN(S(=O)(=O)N(C)C)CC2)cc1Cl. The number of halogens is 1. The number of carbonyl (C=O) groups is 1. The van der Waals surface area contributed by atoms with Crippen molar-refractivity contribution in [3.05, 3.63) is 28.8 Å². The molecule has 0 aliphatic carbocycles. The largest absolute Gasteiger partial charge is 0.326 e. The van der Waals surface area contributed by atoms with Crippen LogP contribution in [-0.2, 0) is 15.0 Å². The van der Waals surface area contributed by atoms with E-state index in [1.165, 1.54) is 22.7 Å². The highest BCUT2D eigenvalue weighted by atomic mass is 35.5. The Hall–Kier alpha value is -1.15. The normalized spacial score (nSPS) is 17.4. The van der Waals surface area contributed by atoms with Gasteiger partial charge in [0.2, 0.25) is 5.91 Å². The summed E-state index contributed by atoms with van der Waals surface area (Å²) in [7, 11) is -0.382. The standard InChI is InChI=1S/C15H22ClN3O3S/c1-11-4-5-13(10-14(11)16)17-15(20)12-6-8-19(9-7-12)23(21,22)18(2)3/h4-5,10,12H,6-9H2,1-3H3,(H,17,20). The van der Waals surface area contributed by atoms with Crippen LogP contribution in [0.1, 0.15) is 18.4 Å². The first-order valence-electron chi connectivity index (χ1n) is 7.46. The van der Waals surface area contributed by atoms with E-state index in [1.54, 1.807) is 6.07 Å². The number of aryl methyl sites for hydroxylation is 1. The zero-order valence-corrected chi connectivity index (χ0v) is 15.1. The smallest absolute Gasteiger partial charge is 0.281 e. The van der Waals surface area contributed by atoms with Gasteiger partial charge in [0.1, 0.15) is 0 Å². The average molecular weight is 360 g/mol. The number of rotatable bonds is 4. The highest BCUT2D eigenvalue weighted by molar-refractivity contribution is 7.86. The van der Waals surface area contributed by atoms with Crippen LogP contribution < -0.4 is 5.32 Å². The number of hydrogen-bond acceptors (Lipinski definition) is 3. The Kier molecular flexibility index (Phi) is 5.67. The molecule has 0 aromatic heterocycles. The summed E-state index contributed by atoms with van der Waals surface area (Å²) in [4.78, 5) is 12.3. The van der Waals surface area contributed by atoms with E-state index in [0.29, 0.717) is 36.6 Å². The van der Waals surface area contributed by atoms with Crippen molar-refractivity contribution >= 4 is 33.4 Å². The molecule has 0 bridgehead atoms. The molecular formula is C15H22ClN3O3S. The Labute approximate surface area is 142 Å². The van der Waals surface area contributed by atoms with Crippen LogP contribution >= 0.6 is 11.6 Å². The minimum atomic E-state index is -3.40. The third-order valence-corrected chi connectivity index (χ3v) is 6.40. The molecular weight excluding hydrogens is 338 g/mol. The number of amides is 1. The predicted octanol–water partition coefficient (Wildman–Crippen LogP) is 2.11. The van der Waals surface area contributed by atoms with Crippen molar-refractivity contribution in [2.24, 2.45) is 5.92 Å². The lowest BCUT2D eigenvalue weighted by atomic mass is 9.97. The fraction of sp³-hybridized carbons (Fsp3) is 0.533. The maximum absolute atomic E-state index is 12.3. The summed E-state index contributed by atoms with van der Waals surface area (Å²) in [6.07, 6.45) is 1.02. The minimum Gasteiger partial charge on any atom is -0.326 e. The molecule has 2 rings (SSSR count). The van der Waals surface area contributed by atoms with Gasteiger partial charge >= 0.3 is 0 Å². The average Bonchev–Trinajstić information content (AvgIpc) is 2.51. The monoisotopic (exact) mass is 359 g/mol. The zero-order valence-electron chi connectivity index (χ0n) is 13.5. The Morgan fingerprint density at radius 2 is 1.91 bits per heavy atom. The second kappa shape index (κ2) is 7.17. The third kappa shape index (κ3) is 4.23. The van der Waals surface area contributed by atoms with Crippen molar-refractivity contribution < 1.29 is 13.2 Å². The van der Waals surface area contributed by atoms with E-state index in [0.717, 1.165) is 5.56 Å². The summed E-state index contributed by atoms with van der Waals surface area (Å²) in [5.74, 6) is -0.282. The summed E-state index contributed by atoms with van der Waals surface area (Å²) in [5, 5.41) is 3.46. The highest BCUT2D eigenvalue weighted by Crippen LogP contribution is 2.24. The molecule has 1 saturated heterocycles. The molecule has 1 amide bonds. The van der Waals surface area contributed by atoms with Gasteiger partial charge in [0, 0.05) is 43.8 Å². The molecule has 0 radical (unpaired) electrons. The second-order valence-electron chi connectivity index (χ2n) is 5.92. The summed E-state index contributed by atoms with van der Waals surface area (Å²) in [6.45, 7) is 2.61. The molecule has 23 heavy (non-hydrogen) atoms. The van der Waals surface area contributed by atoms with Gasteiger partial charge in [0.15, 0.2) is 0 Å². The molecule has 128 valence electrons. The van der Waals surface area contributed by atoms with Crippen LogP contribution in [0.15, 0.2) is 18.2 Å². The number of nitrogens with one attached hydrogen (secondary N) is 1. The number of nitrogens with zero attached hydrogens (tertiary/aromatic N) is 2. The van der Waals surface area contributed by atoms with Gasteiger partial charge < -0.3 is 5.32 Å². The van der Waals surface area contributed by atoms with Crippen molar-refractivity contribution in [2.75, 3.05) is 32.5 Å². The summed E-state index contributed by atoms with van der Waals surface area (Å²) in [6, 6.07) is 5.38. The van der Waals surface area contributed by atoms with E-state index in [-0.39, 0.29) is 11.8 Å². The molecule has 0 spiro atoms. The van der Waals surface area contributed by atoms with E-state index in [1.807, 2.05) is 19.1 Å². The maximum Gasteiger partial charge on any atom is 0.281 e. The zero-order chi connectivity index (χ0) is 17.2. The van der Waals surface area contributed by atoms with E-state index >= 15 is 0 Å². The Morgan fingerprint density at radius 3 is 2.43 bits per heavy atom. The molecule has 0 unspecified atom stereocenters. The quantitative estimate of drug-likeness (QED) is 0.895. The molecule has 1 fully saturated rings. The van der Waals surface area contributed by atoms with Crippen molar-refractivity contribution in [1.82, 2.24) is 8.61 Å². The topological polar surface area (TPSA) is 69.7 Å². The first-order valence-corrected chi connectivity index (χ1v) is 9.24. The van der Waals surface area contributed by atoms with Crippen LogP contribution in [0.2, 0.25) is 5.02 Å². The number of benzene rings is 1. The highest BCUT2D eigenvalue weighted by Gasteiger charge is 2.32. The number of anilines is 1. The lowest BCUT2D eigenvalue weighted by molar-refractivity contribution is -0.120. The van der Waals surface area contributed by atoms with Crippen LogP contribution in [0, 0.1) is 12.8 Å². The fourth-order valence-corrected chi connectivity index (χ4v) is 3.81. The van der Waals surface area contributed by atoms with Crippen LogP contribution in [0.4, 0.5) is 5.69 Å². The molecule has 1 heterocycles. The van der Waals surface area contributed by atoms with Crippen molar-refractivity contribution in [2.45, 2.75) is 19.8 Å². The predicted molar refractivity (Wildman–Crippen MR) is 91.7 cm³/mol. The molecule has 1 aliphatic heterocycles. The second-order valence-corrected chi connectivity index (χ2v) is 8.47. The molecule has 1 aromatic carbocycles. The molecule has 0 atom stereocenters. The fourth-order valence-electron chi connectivity index (χ4n) is 2.49. The van der Waals surface area contributed by atoms with E-state index in [9.17, 15) is 13.2 Å². The van der Waals surface area contributed by atoms with Gasteiger partial charge in [-0.1, -0.05) is 17.7 Å². The van der Waals surface area contributed by atoms with Crippen LogP contribution in [0.25, 0.3) is 0 Å². The minimum absolute atomic E-state index is 0.0909. The van der Waals surface area contributed by atoms with Crippen molar-refractivity contribution in [3.63, 3.8) is 0 Å². The van der Waals surface area contributed by atoms with Crippen LogP contribution in [0.5, 0.6) is 0 Å². The van der Waals surface area contributed by atoms with Gasteiger partial charge in [-0.3, -0.25) is 4.79 Å². The van der Waals surface area contributed by atoms with E-state index < -0.39 is 10.2 Å².